The van der Waals surface area contributed by atoms with Gasteiger partial charge in [-0.1, -0.05) is 18.2 Å². The predicted octanol–water partition coefficient (Wildman–Crippen LogP) is 1.76. The van der Waals surface area contributed by atoms with Crippen molar-refractivity contribution in [2.75, 3.05) is 5.73 Å². The highest BCUT2D eigenvalue weighted by atomic mass is 15.3. The van der Waals surface area contributed by atoms with Gasteiger partial charge in [0.2, 0.25) is 0 Å². The van der Waals surface area contributed by atoms with Gasteiger partial charge in [0.1, 0.15) is 5.82 Å². The summed E-state index contributed by atoms with van der Waals surface area (Å²) in [6.45, 7) is 2.05. The Bertz CT molecular complexity index is 418. The van der Waals surface area contributed by atoms with Crippen molar-refractivity contribution in [3.63, 3.8) is 0 Å². The number of benzene rings is 1. The van der Waals surface area contributed by atoms with Gasteiger partial charge in [0, 0.05) is 12.3 Å². The van der Waals surface area contributed by atoms with Crippen LogP contribution in [0.4, 0.5) is 5.82 Å². The van der Waals surface area contributed by atoms with Gasteiger partial charge in [-0.15, -0.1) is 0 Å². The Balaban J connectivity index is 2.52. The van der Waals surface area contributed by atoms with Crippen molar-refractivity contribution < 1.29 is 0 Å². The van der Waals surface area contributed by atoms with E-state index < -0.39 is 0 Å². The highest BCUT2D eigenvalue weighted by Crippen LogP contribution is 2.12. The molecule has 1 aromatic carbocycles. The van der Waals surface area contributed by atoms with E-state index in [1.165, 1.54) is 5.56 Å². The minimum absolute atomic E-state index is 0.545. The number of para-hydroxylation sites is 1. The summed E-state index contributed by atoms with van der Waals surface area (Å²) in [4.78, 5) is 0. The topological polar surface area (TPSA) is 43.8 Å². The summed E-state index contributed by atoms with van der Waals surface area (Å²) in [7, 11) is 0. The number of nitrogens with two attached hydrogens (primary N) is 1. The molecule has 13 heavy (non-hydrogen) atoms. The van der Waals surface area contributed by atoms with Crippen molar-refractivity contribution >= 4 is 5.82 Å². The highest BCUT2D eigenvalue weighted by Gasteiger charge is 2.00. The number of nitrogens with zero attached hydrogens (tertiary/aromatic N) is 2. The van der Waals surface area contributed by atoms with Crippen LogP contribution in [0.2, 0.25) is 0 Å². The Kier molecular flexibility index (Phi) is 1.77. The van der Waals surface area contributed by atoms with Crippen LogP contribution >= 0.6 is 0 Å². The van der Waals surface area contributed by atoms with Crippen molar-refractivity contribution in [1.29, 1.82) is 0 Å². The standard InChI is InChI=1S/C10H11N3/c1-8-4-2-3-5-9(8)13-7-6-10(11)12-13/h2-7H,1H3,(H2,11,12). The Labute approximate surface area is 76.8 Å². The molecule has 1 heterocycles. The van der Waals surface area contributed by atoms with E-state index in [2.05, 4.69) is 5.10 Å². The number of hydrogen-bond acceptors (Lipinski definition) is 2. The van der Waals surface area contributed by atoms with E-state index in [0.29, 0.717) is 5.82 Å². The Morgan fingerprint density at radius 3 is 2.62 bits per heavy atom. The monoisotopic (exact) mass is 173 g/mol. The predicted molar refractivity (Wildman–Crippen MR) is 52.7 cm³/mol. The molecule has 0 saturated carbocycles. The first kappa shape index (κ1) is 7.86. The molecule has 1 aromatic heterocycles. The fraction of sp³-hybridized carbons (Fsp3) is 0.100. The molecule has 0 atom stereocenters. The molecular formula is C10H11N3. The molecule has 0 fully saturated rings. The second-order valence-electron chi connectivity index (χ2n) is 2.97. The third kappa shape index (κ3) is 1.40. The van der Waals surface area contributed by atoms with E-state index in [9.17, 15) is 0 Å². The van der Waals surface area contributed by atoms with Gasteiger partial charge in [-0.05, 0) is 18.6 Å². The van der Waals surface area contributed by atoms with Gasteiger partial charge in [-0.25, -0.2) is 4.68 Å². The van der Waals surface area contributed by atoms with E-state index in [4.69, 9.17) is 5.73 Å². The lowest BCUT2D eigenvalue weighted by Gasteiger charge is -2.03. The van der Waals surface area contributed by atoms with Crippen LogP contribution < -0.4 is 5.73 Å². The van der Waals surface area contributed by atoms with E-state index in [1.54, 1.807) is 10.7 Å². The van der Waals surface area contributed by atoms with Crippen LogP contribution in [0.15, 0.2) is 36.5 Å². The number of hydrogen-bond donors (Lipinski definition) is 1. The van der Waals surface area contributed by atoms with Crippen LogP contribution in [0.5, 0.6) is 0 Å². The Morgan fingerprint density at radius 2 is 2.00 bits per heavy atom. The van der Waals surface area contributed by atoms with Gasteiger partial charge in [-0.2, -0.15) is 5.10 Å². The molecule has 0 amide bonds. The molecular weight excluding hydrogens is 162 g/mol. The summed E-state index contributed by atoms with van der Waals surface area (Å²) in [6, 6.07) is 9.84. The summed E-state index contributed by atoms with van der Waals surface area (Å²) in [5.74, 6) is 0.545. The van der Waals surface area contributed by atoms with Gasteiger partial charge < -0.3 is 5.73 Å². The SMILES string of the molecule is Cc1ccccc1-n1ccc(N)n1. The largest absolute Gasteiger partial charge is 0.382 e. The van der Waals surface area contributed by atoms with E-state index in [-0.39, 0.29) is 0 Å². The summed E-state index contributed by atoms with van der Waals surface area (Å²) in [5, 5.41) is 4.14. The first-order chi connectivity index (χ1) is 6.27. The fourth-order valence-electron chi connectivity index (χ4n) is 1.29. The molecule has 66 valence electrons. The normalized spacial score (nSPS) is 10.2. The van der Waals surface area contributed by atoms with Gasteiger partial charge in [0.05, 0.1) is 5.69 Å². The van der Waals surface area contributed by atoms with Gasteiger partial charge in [-0.3, -0.25) is 0 Å². The Morgan fingerprint density at radius 1 is 1.23 bits per heavy atom. The van der Waals surface area contributed by atoms with E-state index in [0.717, 1.165) is 5.69 Å². The van der Waals surface area contributed by atoms with Crippen LogP contribution in [-0.2, 0) is 0 Å². The molecule has 2 aromatic rings. The molecule has 2 N–H and O–H groups in total. The Hall–Kier alpha value is -1.77. The average molecular weight is 173 g/mol. The lowest BCUT2D eigenvalue weighted by atomic mass is 10.2. The summed E-state index contributed by atoms with van der Waals surface area (Å²) >= 11 is 0. The molecule has 0 bridgehead atoms. The number of anilines is 1. The molecule has 0 aliphatic rings. The zero-order valence-electron chi connectivity index (χ0n) is 7.44. The van der Waals surface area contributed by atoms with Gasteiger partial charge in [0.15, 0.2) is 0 Å². The fourth-order valence-corrected chi connectivity index (χ4v) is 1.29. The molecule has 0 aliphatic carbocycles. The molecule has 0 aliphatic heterocycles. The minimum Gasteiger partial charge on any atom is -0.382 e. The maximum absolute atomic E-state index is 5.53. The smallest absolute Gasteiger partial charge is 0.145 e. The van der Waals surface area contributed by atoms with Crippen molar-refractivity contribution in [2.45, 2.75) is 6.92 Å². The third-order valence-electron chi connectivity index (χ3n) is 1.97. The van der Waals surface area contributed by atoms with Gasteiger partial charge >= 0.3 is 0 Å². The van der Waals surface area contributed by atoms with Crippen LogP contribution in [0.25, 0.3) is 5.69 Å². The zero-order chi connectivity index (χ0) is 9.26. The van der Waals surface area contributed by atoms with Crippen molar-refractivity contribution in [2.24, 2.45) is 0 Å². The molecule has 0 saturated heterocycles. The summed E-state index contributed by atoms with van der Waals surface area (Å²) in [6.07, 6.45) is 1.86. The van der Waals surface area contributed by atoms with Crippen LogP contribution in [0, 0.1) is 6.92 Å². The minimum atomic E-state index is 0.545. The molecule has 3 nitrogen and oxygen atoms in total. The van der Waals surface area contributed by atoms with Crippen LogP contribution in [0.1, 0.15) is 5.56 Å². The zero-order valence-corrected chi connectivity index (χ0v) is 7.44. The maximum Gasteiger partial charge on any atom is 0.145 e. The molecule has 2 rings (SSSR count). The van der Waals surface area contributed by atoms with Crippen LogP contribution in [-0.4, -0.2) is 9.78 Å². The molecule has 0 spiro atoms. The van der Waals surface area contributed by atoms with Crippen molar-refractivity contribution in [3.05, 3.63) is 42.1 Å². The van der Waals surface area contributed by atoms with Crippen molar-refractivity contribution in [1.82, 2.24) is 9.78 Å². The summed E-state index contributed by atoms with van der Waals surface area (Å²) < 4.78 is 1.78. The second-order valence-corrected chi connectivity index (χ2v) is 2.97. The lowest BCUT2D eigenvalue weighted by Crippen LogP contribution is -1.98. The molecule has 0 radical (unpaired) electrons. The second kappa shape index (κ2) is 2.94. The summed E-state index contributed by atoms with van der Waals surface area (Å²) in [5.41, 5.74) is 7.79. The molecule has 0 unspecified atom stereocenters. The lowest BCUT2D eigenvalue weighted by molar-refractivity contribution is 0.878. The number of aromatic nitrogens is 2. The third-order valence-corrected chi connectivity index (χ3v) is 1.97. The van der Waals surface area contributed by atoms with E-state index >= 15 is 0 Å². The van der Waals surface area contributed by atoms with Crippen LogP contribution in [0.3, 0.4) is 0 Å². The quantitative estimate of drug-likeness (QED) is 0.714. The number of rotatable bonds is 1. The van der Waals surface area contributed by atoms with Gasteiger partial charge in [0.25, 0.3) is 0 Å². The highest BCUT2D eigenvalue weighted by molar-refractivity contribution is 5.40. The molecule has 3 heteroatoms. The average Bonchev–Trinajstić information content (AvgIpc) is 2.53. The first-order valence-electron chi connectivity index (χ1n) is 4.14. The number of nitrogen functional groups attached to an aromatic ring is 1. The first-order valence-corrected chi connectivity index (χ1v) is 4.14. The number of aryl methyl sites for hydroxylation is 1. The van der Waals surface area contributed by atoms with E-state index in [1.807, 2.05) is 37.4 Å². The van der Waals surface area contributed by atoms with Crippen molar-refractivity contribution in [3.8, 4) is 5.69 Å². The maximum atomic E-state index is 5.53.